The lowest BCUT2D eigenvalue weighted by Gasteiger charge is -2.04. The third-order valence-corrected chi connectivity index (χ3v) is 2.92. The molecule has 2 heterocycles. The summed E-state index contributed by atoms with van der Waals surface area (Å²) in [7, 11) is 0. The van der Waals surface area contributed by atoms with Gasteiger partial charge in [0, 0.05) is 16.0 Å². The van der Waals surface area contributed by atoms with Gasteiger partial charge >= 0.3 is 12.4 Å². The molecule has 0 aliphatic rings. The van der Waals surface area contributed by atoms with E-state index < -0.39 is 34.6 Å². The molecule has 0 bridgehead atoms. The van der Waals surface area contributed by atoms with Crippen LogP contribution in [0.3, 0.4) is 0 Å². The number of pyridine rings is 2. The van der Waals surface area contributed by atoms with Gasteiger partial charge in [0.1, 0.15) is 11.1 Å². The number of rotatable bonds is 0. The van der Waals surface area contributed by atoms with Crippen LogP contribution in [-0.2, 0) is 12.4 Å². The standard InChI is InChI=1S/C6H3F3INO.C6H4F3NO/c7-6(8,9)4-1-3(10)2-11-5(4)12;7-6(8,9)4-2-1-3-10-5(4)11/h1-2H,(H,11,12);1-3H,(H,10,11). The van der Waals surface area contributed by atoms with Crippen LogP contribution in [0.25, 0.3) is 0 Å². The Hall–Kier alpha value is -1.79. The minimum Gasteiger partial charge on any atom is -0.329 e. The minimum atomic E-state index is -4.57. The van der Waals surface area contributed by atoms with Crippen LogP contribution in [0, 0.1) is 3.57 Å². The zero-order chi connectivity index (χ0) is 17.8. The molecule has 0 unspecified atom stereocenters. The predicted octanol–water partition coefficient (Wildman–Crippen LogP) is 3.39. The van der Waals surface area contributed by atoms with Gasteiger partial charge in [0.15, 0.2) is 0 Å². The average Bonchev–Trinajstić information content (AvgIpc) is 2.40. The summed E-state index contributed by atoms with van der Waals surface area (Å²) in [5.74, 6) is 0. The Morgan fingerprint density at radius 1 is 0.870 bits per heavy atom. The van der Waals surface area contributed by atoms with Crippen LogP contribution >= 0.6 is 22.6 Å². The molecule has 2 aromatic rings. The molecule has 0 saturated heterocycles. The molecule has 126 valence electrons. The van der Waals surface area contributed by atoms with E-state index in [1.54, 1.807) is 22.6 Å². The highest BCUT2D eigenvalue weighted by atomic mass is 127. The lowest BCUT2D eigenvalue weighted by molar-refractivity contribution is -0.139. The smallest absolute Gasteiger partial charge is 0.329 e. The summed E-state index contributed by atoms with van der Waals surface area (Å²) in [6.45, 7) is 0. The fourth-order valence-electron chi connectivity index (χ4n) is 1.31. The number of aromatic nitrogens is 2. The number of alkyl halides is 6. The van der Waals surface area contributed by atoms with Gasteiger partial charge in [0.05, 0.1) is 0 Å². The molecule has 0 aromatic carbocycles. The molecule has 11 heteroatoms. The van der Waals surface area contributed by atoms with Crippen molar-refractivity contribution in [3.8, 4) is 0 Å². The molecule has 0 amide bonds. The molecule has 0 atom stereocenters. The van der Waals surface area contributed by atoms with Crippen molar-refractivity contribution in [2.24, 2.45) is 0 Å². The molecule has 0 aliphatic carbocycles. The Kier molecular flexibility index (Phi) is 6.02. The number of hydrogen-bond donors (Lipinski definition) is 2. The van der Waals surface area contributed by atoms with Crippen LogP contribution in [0.5, 0.6) is 0 Å². The van der Waals surface area contributed by atoms with Crippen LogP contribution in [0.2, 0.25) is 0 Å². The van der Waals surface area contributed by atoms with E-state index in [-0.39, 0.29) is 0 Å². The third kappa shape index (κ3) is 5.73. The Morgan fingerprint density at radius 2 is 1.39 bits per heavy atom. The monoisotopic (exact) mass is 452 g/mol. The van der Waals surface area contributed by atoms with Gasteiger partial charge in [0.25, 0.3) is 11.1 Å². The summed E-state index contributed by atoms with van der Waals surface area (Å²) in [5, 5.41) is 0. The summed E-state index contributed by atoms with van der Waals surface area (Å²) < 4.78 is 71.8. The van der Waals surface area contributed by atoms with Crippen LogP contribution in [0.15, 0.2) is 40.2 Å². The Balaban J connectivity index is 0.000000231. The Morgan fingerprint density at radius 3 is 1.78 bits per heavy atom. The summed E-state index contributed by atoms with van der Waals surface area (Å²) in [4.78, 5) is 25.1. The van der Waals surface area contributed by atoms with Crippen molar-refractivity contribution in [3.63, 3.8) is 0 Å². The molecule has 23 heavy (non-hydrogen) atoms. The summed E-state index contributed by atoms with van der Waals surface area (Å²) in [6, 6.07) is 2.67. The van der Waals surface area contributed by atoms with Gasteiger partial charge in [-0.25, -0.2) is 0 Å². The lowest BCUT2D eigenvalue weighted by Crippen LogP contribution is -2.21. The Labute approximate surface area is 137 Å². The van der Waals surface area contributed by atoms with Crippen LogP contribution in [-0.4, -0.2) is 9.97 Å². The normalized spacial score (nSPS) is 11.6. The molecule has 2 rings (SSSR count). The molecule has 0 saturated carbocycles. The molecule has 0 spiro atoms. The van der Waals surface area contributed by atoms with Gasteiger partial charge in [-0.1, -0.05) is 0 Å². The minimum absolute atomic E-state index is 0.347. The van der Waals surface area contributed by atoms with Crippen LogP contribution < -0.4 is 11.1 Å². The molecule has 0 radical (unpaired) electrons. The van der Waals surface area contributed by atoms with E-state index in [2.05, 4.69) is 0 Å². The van der Waals surface area contributed by atoms with E-state index in [9.17, 15) is 35.9 Å². The fraction of sp³-hybridized carbons (Fsp3) is 0.167. The second-order valence-corrected chi connectivity index (χ2v) is 5.21. The molecule has 2 N–H and O–H groups in total. The lowest BCUT2D eigenvalue weighted by atomic mass is 10.3. The van der Waals surface area contributed by atoms with Crippen LogP contribution in [0.1, 0.15) is 11.1 Å². The molecule has 2 aromatic heterocycles. The van der Waals surface area contributed by atoms with Crippen molar-refractivity contribution in [2.45, 2.75) is 12.4 Å². The number of aromatic amines is 2. The first-order valence-corrected chi connectivity index (χ1v) is 6.71. The van der Waals surface area contributed by atoms with E-state index in [1.165, 1.54) is 6.20 Å². The second-order valence-electron chi connectivity index (χ2n) is 3.97. The van der Waals surface area contributed by atoms with E-state index in [0.717, 1.165) is 24.4 Å². The maximum atomic E-state index is 12.0. The molecule has 0 aliphatic heterocycles. The van der Waals surface area contributed by atoms with Gasteiger partial charge < -0.3 is 9.97 Å². The number of hydrogen-bond acceptors (Lipinski definition) is 2. The van der Waals surface area contributed by atoms with Crippen molar-refractivity contribution in [3.05, 3.63) is 66.0 Å². The van der Waals surface area contributed by atoms with Gasteiger partial charge in [-0.2, -0.15) is 26.3 Å². The SMILES string of the molecule is O=c1[nH]cc(I)cc1C(F)(F)F.O=c1[nH]cccc1C(F)(F)F. The maximum Gasteiger partial charge on any atom is 0.421 e. The van der Waals surface area contributed by atoms with Crippen molar-refractivity contribution in [1.82, 2.24) is 9.97 Å². The summed E-state index contributed by atoms with van der Waals surface area (Å²) in [5.41, 5.74) is -4.54. The van der Waals surface area contributed by atoms with E-state index in [0.29, 0.717) is 3.57 Å². The number of nitrogens with one attached hydrogen (secondary N) is 2. The fourth-order valence-corrected chi connectivity index (χ4v) is 1.78. The number of H-pyrrole nitrogens is 2. The zero-order valence-corrected chi connectivity index (χ0v) is 13.0. The highest BCUT2D eigenvalue weighted by Gasteiger charge is 2.34. The number of halogens is 7. The van der Waals surface area contributed by atoms with Crippen molar-refractivity contribution < 1.29 is 26.3 Å². The molecule has 4 nitrogen and oxygen atoms in total. The molecular weight excluding hydrogens is 445 g/mol. The van der Waals surface area contributed by atoms with Gasteiger partial charge in [-0.05, 0) is 40.8 Å². The highest BCUT2D eigenvalue weighted by Crippen LogP contribution is 2.27. The van der Waals surface area contributed by atoms with E-state index >= 15 is 0 Å². The van der Waals surface area contributed by atoms with Crippen LogP contribution in [0.4, 0.5) is 26.3 Å². The van der Waals surface area contributed by atoms with Gasteiger partial charge in [-0.3, -0.25) is 9.59 Å². The summed E-state index contributed by atoms with van der Waals surface area (Å²) in [6.07, 6.45) is -6.76. The van der Waals surface area contributed by atoms with Gasteiger partial charge in [-0.15, -0.1) is 0 Å². The maximum absolute atomic E-state index is 12.0. The topological polar surface area (TPSA) is 65.7 Å². The van der Waals surface area contributed by atoms with E-state index in [4.69, 9.17) is 0 Å². The first-order chi connectivity index (χ1) is 10.4. The van der Waals surface area contributed by atoms with Crippen molar-refractivity contribution in [2.75, 3.05) is 0 Å². The Bertz CT molecular complexity index is 778. The van der Waals surface area contributed by atoms with E-state index in [1.807, 2.05) is 9.97 Å². The van der Waals surface area contributed by atoms with Gasteiger partial charge in [0.2, 0.25) is 0 Å². The van der Waals surface area contributed by atoms with Crippen molar-refractivity contribution in [1.29, 1.82) is 0 Å². The average molecular weight is 452 g/mol. The molecular formula is C12H7F6IN2O2. The first kappa shape index (κ1) is 19.3. The molecule has 0 fully saturated rings. The quantitative estimate of drug-likeness (QED) is 0.476. The van der Waals surface area contributed by atoms with Crippen molar-refractivity contribution >= 4 is 22.6 Å². The first-order valence-electron chi connectivity index (χ1n) is 5.63. The largest absolute Gasteiger partial charge is 0.421 e. The second kappa shape index (κ2) is 7.19. The highest BCUT2D eigenvalue weighted by molar-refractivity contribution is 14.1. The summed E-state index contributed by atoms with van der Waals surface area (Å²) >= 11 is 1.69. The zero-order valence-electron chi connectivity index (χ0n) is 10.8. The predicted molar refractivity (Wildman–Crippen MR) is 76.8 cm³/mol. The third-order valence-electron chi connectivity index (χ3n) is 2.30.